The maximum atomic E-state index is 12.8. The third kappa shape index (κ3) is 3.97. The second kappa shape index (κ2) is 8.19. The fraction of sp³-hybridized carbons (Fsp3) is 0.304. The molecule has 1 saturated heterocycles. The summed E-state index contributed by atoms with van der Waals surface area (Å²) >= 11 is 6.14. The molecule has 1 aliphatic carbocycles. The second-order valence-electron chi connectivity index (χ2n) is 7.28. The SMILES string of the molecule is Cc1cc(OC2=CCCC=C2)ccc1C1CCN(C(=O)c2ncccc2Cl)C1. The van der Waals surface area contributed by atoms with Crippen LogP contribution in [0.3, 0.4) is 0 Å². The van der Waals surface area contributed by atoms with Gasteiger partial charge in [0.15, 0.2) is 0 Å². The van der Waals surface area contributed by atoms with Gasteiger partial charge in [0.1, 0.15) is 17.2 Å². The second-order valence-corrected chi connectivity index (χ2v) is 7.68. The fourth-order valence-electron chi connectivity index (χ4n) is 3.86. The lowest BCUT2D eigenvalue weighted by molar-refractivity contribution is 0.0785. The molecule has 0 N–H and O–H groups in total. The van der Waals surface area contributed by atoms with Crippen LogP contribution in [0.25, 0.3) is 0 Å². The number of nitrogens with zero attached hydrogens (tertiary/aromatic N) is 2. The van der Waals surface area contributed by atoms with Gasteiger partial charge in [0.2, 0.25) is 0 Å². The van der Waals surface area contributed by atoms with Gasteiger partial charge in [0, 0.05) is 25.2 Å². The number of aryl methyl sites for hydroxylation is 1. The van der Waals surface area contributed by atoms with E-state index in [0.717, 1.165) is 30.8 Å². The van der Waals surface area contributed by atoms with Crippen molar-refractivity contribution in [1.82, 2.24) is 9.88 Å². The molecule has 1 aromatic carbocycles. The van der Waals surface area contributed by atoms with Gasteiger partial charge in [-0.2, -0.15) is 0 Å². The van der Waals surface area contributed by atoms with Crippen molar-refractivity contribution in [1.29, 1.82) is 0 Å². The Morgan fingerprint density at radius 1 is 1.29 bits per heavy atom. The van der Waals surface area contributed by atoms with E-state index < -0.39 is 0 Å². The molecule has 0 radical (unpaired) electrons. The lowest BCUT2D eigenvalue weighted by atomic mass is 9.94. The lowest BCUT2D eigenvalue weighted by Gasteiger charge is -2.18. The first-order valence-corrected chi connectivity index (χ1v) is 10.0. The number of allylic oxidation sites excluding steroid dienone is 3. The Kier molecular flexibility index (Phi) is 5.49. The van der Waals surface area contributed by atoms with E-state index in [-0.39, 0.29) is 5.91 Å². The van der Waals surface area contributed by atoms with Crippen molar-refractivity contribution in [2.75, 3.05) is 13.1 Å². The zero-order valence-corrected chi connectivity index (χ0v) is 16.7. The number of aromatic nitrogens is 1. The van der Waals surface area contributed by atoms with Crippen LogP contribution in [0.4, 0.5) is 0 Å². The number of hydrogen-bond acceptors (Lipinski definition) is 3. The molecule has 1 amide bonds. The number of benzene rings is 1. The third-order valence-corrected chi connectivity index (χ3v) is 5.62. The average molecular weight is 395 g/mol. The van der Waals surface area contributed by atoms with Gasteiger partial charge in [-0.25, -0.2) is 4.98 Å². The number of carbonyl (C=O) groups is 1. The Labute approximate surface area is 170 Å². The maximum Gasteiger partial charge on any atom is 0.274 e. The van der Waals surface area contributed by atoms with Gasteiger partial charge in [-0.05, 0) is 73.7 Å². The van der Waals surface area contributed by atoms with Crippen LogP contribution in [0.5, 0.6) is 5.75 Å². The van der Waals surface area contributed by atoms with Gasteiger partial charge in [0.25, 0.3) is 5.91 Å². The average Bonchev–Trinajstić information content (AvgIpc) is 3.19. The number of likely N-dealkylation sites (tertiary alicyclic amines) is 1. The summed E-state index contributed by atoms with van der Waals surface area (Å²) in [6, 6.07) is 9.67. The fourth-order valence-corrected chi connectivity index (χ4v) is 4.06. The van der Waals surface area contributed by atoms with Crippen molar-refractivity contribution in [2.45, 2.75) is 32.1 Å². The molecule has 4 nitrogen and oxygen atoms in total. The molecule has 144 valence electrons. The predicted octanol–water partition coefficient (Wildman–Crippen LogP) is 5.29. The maximum absolute atomic E-state index is 12.8. The van der Waals surface area contributed by atoms with Crippen LogP contribution in [-0.4, -0.2) is 28.9 Å². The number of halogens is 1. The Morgan fingerprint density at radius 2 is 2.18 bits per heavy atom. The highest BCUT2D eigenvalue weighted by atomic mass is 35.5. The largest absolute Gasteiger partial charge is 0.458 e. The standard InChI is InChI=1S/C23H23ClN2O2/c1-16-14-19(28-18-6-3-2-4-7-18)9-10-20(16)17-11-13-26(15-17)23(27)22-21(24)8-5-12-25-22/h3,5-10,12,14,17H,2,4,11,13,15H2,1H3. The molecular weight excluding hydrogens is 372 g/mol. The van der Waals surface area contributed by atoms with Crippen LogP contribution in [0.15, 0.2) is 60.5 Å². The van der Waals surface area contributed by atoms with Crippen molar-refractivity contribution in [2.24, 2.45) is 0 Å². The summed E-state index contributed by atoms with van der Waals surface area (Å²) in [5.74, 6) is 1.98. The highest BCUT2D eigenvalue weighted by molar-refractivity contribution is 6.33. The minimum Gasteiger partial charge on any atom is -0.458 e. The molecule has 2 aliphatic rings. The van der Waals surface area contributed by atoms with Gasteiger partial charge in [-0.15, -0.1) is 0 Å². The zero-order chi connectivity index (χ0) is 19.5. The molecular formula is C23H23ClN2O2. The first-order chi connectivity index (χ1) is 13.6. The molecule has 1 unspecified atom stereocenters. The number of ether oxygens (including phenoxy) is 1. The summed E-state index contributed by atoms with van der Waals surface area (Å²) in [4.78, 5) is 18.8. The molecule has 0 saturated carbocycles. The Morgan fingerprint density at radius 3 is 2.93 bits per heavy atom. The van der Waals surface area contributed by atoms with Crippen LogP contribution >= 0.6 is 11.6 Å². The van der Waals surface area contributed by atoms with E-state index in [2.05, 4.69) is 36.2 Å². The molecule has 1 aliphatic heterocycles. The summed E-state index contributed by atoms with van der Waals surface area (Å²) in [5, 5.41) is 0.402. The van der Waals surface area contributed by atoms with Crippen LogP contribution in [0.1, 0.15) is 46.8 Å². The summed E-state index contributed by atoms with van der Waals surface area (Å²) in [7, 11) is 0. The number of amides is 1. The lowest BCUT2D eigenvalue weighted by Crippen LogP contribution is -2.29. The summed E-state index contributed by atoms with van der Waals surface area (Å²) in [6.45, 7) is 3.50. The van der Waals surface area contributed by atoms with E-state index in [1.165, 1.54) is 11.1 Å². The van der Waals surface area contributed by atoms with Gasteiger partial charge >= 0.3 is 0 Å². The highest BCUT2D eigenvalue weighted by Gasteiger charge is 2.30. The zero-order valence-electron chi connectivity index (χ0n) is 15.9. The predicted molar refractivity (Wildman–Crippen MR) is 111 cm³/mol. The van der Waals surface area contributed by atoms with Gasteiger partial charge in [-0.1, -0.05) is 23.7 Å². The Balaban J connectivity index is 1.45. The quantitative estimate of drug-likeness (QED) is 0.707. The molecule has 28 heavy (non-hydrogen) atoms. The van der Waals surface area contributed by atoms with E-state index in [9.17, 15) is 4.79 Å². The van der Waals surface area contributed by atoms with Crippen LogP contribution in [-0.2, 0) is 0 Å². The van der Waals surface area contributed by atoms with Crippen molar-refractivity contribution in [3.8, 4) is 5.75 Å². The molecule has 1 aromatic heterocycles. The van der Waals surface area contributed by atoms with E-state index in [1.54, 1.807) is 18.3 Å². The topological polar surface area (TPSA) is 42.4 Å². The number of rotatable bonds is 4. The Bertz CT molecular complexity index is 951. The summed E-state index contributed by atoms with van der Waals surface area (Å²) in [5.41, 5.74) is 2.79. The van der Waals surface area contributed by atoms with E-state index in [4.69, 9.17) is 16.3 Å². The van der Waals surface area contributed by atoms with Crippen LogP contribution < -0.4 is 4.74 Å². The Hall–Kier alpha value is -2.59. The van der Waals surface area contributed by atoms with E-state index in [1.807, 2.05) is 17.0 Å². The van der Waals surface area contributed by atoms with Crippen molar-refractivity contribution < 1.29 is 9.53 Å². The molecule has 2 heterocycles. The normalized spacial score (nSPS) is 18.9. The highest BCUT2D eigenvalue weighted by Crippen LogP contribution is 2.33. The molecule has 0 bridgehead atoms. The first kappa shape index (κ1) is 18.8. The number of carbonyl (C=O) groups excluding carboxylic acids is 1. The molecule has 1 atom stereocenters. The van der Waals surface area contributed by atoms with E-state index in [0.29, 0.717) is 29.7 Å². The molecule has 5 heteroatoms. The van der Waals surface area contributed by atoms with Crippen molar-refractivity contribution >= 4 is 17.5 Å². The van der Waals surface area contributed by atoms with Gasteiger partial charge in [-0.3, -0.25) is 4.79 Å². The van der Waals surface area contributed by atoms with Crippen LogP contribution in [0, 0.1) is 6.92 Å². The number of hydrogen-bond donors (Lipinski definition) is 0. The minimum absolute atomic E-state index is 0.0956. The smallest absolute Gasteiger partial charge is 0.274 e. The molecule has 1 fully saturated rings. The summed E-state index contributed by atoms with van der Waals surface area (Å²) in [6.07, 6.45) is 10.9. The third-order valence-electron chi connectivity index (χ3n) is 5.31. The summed E-state index contributed by atoms with van der Waals surface area (Å²) < 4.78 is 5.97. The molecule has 4 rings (SSSR count). The molecule has 0 spiro atoms. The van der Waals surface area contributed by atoms with E-state index >= 15 is 0 Å². The van der Waals surface area contributed by atoms with Gasteiger partial charge < -0.3 is 9.64 Å². The molecule has 2 aromatic rings. The van der Waals surface area contributed by atoms with Crippen molar-refractivity contribution in [3.63, 3.8) is 0 Å². The number of pyridine rings is 1. The first-order valence-electron chi connectivity index (χ1n) is 9.66. The monoisotopic (exact) mass is 394 g/mol. The van der Waals surface area contributed by atoms with Gasteiger partial charge in [0.05, 0.1) is 5.02 Å². The van der Waals surface area contributed by atoms with Crippen LogP contribution in [0.2, 0.25) is 5.02 Å². The minimum atomic E-state index is -0.0956. The van der Waals surface area contributed by atoms with Crippen molar-refractivity contribution in [3.05, 3.63) is 82.4 Å².